The number of aryl methyl sites for hydroxylation is 1. The molecular formula is C21H33N5O2. The first kappa shape index (κ1) is 19.6. The van der Waals surface area contributed by atoms with Gasteiger partial charge in [0, 0.05) is 62.5 Å². The van der Waals surface area contributed by atoms with Crippen LogP contribution >= 0.6 is 0 Å². The quantitative estimate of drug-likeness (QED) is 0.851. The summed E-state index contributed by atoms with van der Waals surface area (Å²) in [6, 6.07) is 1.03. The zero-order valence-corrected chi connectivity index (χ0v) is 17.6. The van der Waals surface area contributed by atoms with Crippen LogP contribution in [0, 0.1) is 19.3 Å². The highest BCUT2D eigenvalue weighted by molar-refractivity contribution is 5.90. The Morgan fingerprint density at radius 2 is 2.04 bits per heavy atom. The molecule has 4 rings (SSSR count). The highest BCUT2D eigenvalue weighted by atomic mass is 16.5. The molecule has 1 N–H and O–H groups in total. The van der Waals surface area contributed by atoms with E-state index in [1.165, 1.54) is 24.2 Å². The van der Waals surface area contributed by atoms with Crippen molar-refractivity contribution >= 4 is 11.7 Å². The number of aromatic nitrogens is 2. The van der Waals surface area contributed by atoms with Crippen molar-refractivity contribution in [2.24, 2.45) is 5.41 Å². The van der Waals surface area contributed by atoms with Crippen LogP contribution in [0.15, 0.2) is 0 Å². The average molecular weight is 388 g/mol. The minimum atomic E-state index is -0.146. The molecule has 0 radical (unpaired) electrons. The average Bonchev–Trinajstić information content (AvgIpc) is 3.10. The number of hydrogen-bond acceptors (Lipinski definition) is 6. The molecule has 1 amide bonds. The SMILES string of the molecule is Cc1nc(C(=O)N(C)C)nc(N2CC[C@@H](NC3CCOCC34CCC4)C2)c1C. The standard InChI is InChI=1S/C21H33N5O2/c1-14-15(2)22-18(20(27)25(3)4)24-19(14)26-10-6-16(12-26)23-17-7-11-28-13-21(17)8-5-9-21/h16-17,23H,5-13H2,1-4H3/t16-,17?/m1/s1. The zero-order chi connectivity index (χ0) is 19.9. The van der Waals surface area contributed by atoms with Gasteiger partial charge in [-0.3, -0.25) is 4.79 Å². The third-order valence-electron chi connectivity index (χ3n) is 6.91. The van der Waals surface area contributed by atoms with Crippen molar-refractivity contribution < 1.29 is 9.53 Å². The second-order valence-electron chi connectivity index (χ2n) is 8.99. The summed E-state index contributed by atoms with van der Waals surface area (Å²) >= 11 is 0. The van der Waals surface area contributed by atoms with Crippen molar-refractivity contribution in [3.63, 3.8) is 0 Å². The van der Waals surface area contributed by atoms with Crippen molar-refractivity contribution in [3.05, 3.63) is 17.1 Å². The molecule has 2 atom stereocenters. The Kier molecular flexibility index (Phi) is 5.31. The monoisotopic (exact) mass is 387 g/mol. The third-order valence-corrected chi connectivity index (χ3v) is 6.91. The summed E-state index contributed by atoms with van der Waals surface area (Å²) in [5, 5.41) is 3.96. The van der Waals surface area contributed by atoms with Gasteiger partial charge in [-0.05, 0) is 39.5 Å². The van der Waals surface area contributed by atoms with Crippen LogP contribution in [0.1, 0.15) is 54.0 Å². The van der Waals surface area contributed by atoms with Crippen LogP contribution in [0.3, 0.4) is 0 Å². The lowest BCUT2D eigenvalue weighted by atomic mass is 9.63. The largest absolute Gasteiger partial charge is 0.381 e. The first-order valence-corrected chi connectivity index (χ1v) is 10.6. The summed E-state index contributed by atoms with van der Waals surface area (Å²) in [4.78, 5) is 25.3. The van der Waals surface area contributed by atoms with E-state index < -0.39 is 0 Å². The maximum absolute atomic E-state index is 12.4. The first-order chi connectivity index (χ1) is 13.4. The lowest BCUT2D eigenvalue weighted by Crippen LogP contribution is -2.57. The molecule has 28 heavy (non-hydrogen) atoms. The molecule has 2 aliphatic heterocycles. The van der Waals surface area contributed by atoms with Gasteiger partial charge in [0.15, 0.2) is 0 Å². The summed E-state index contributed by atoms with van der Waals surface area (Å²) in [5.41, 5.74) is 2.32. The maximum Gasteiger partial charge on any atom is 0.291 e. The molecule has 7 nitrogen and oxygen atoms in total. The molecular weight excluding hydrogens is 354 g/mol. The van der Waals surface area contributed by atoms with E-state index in [-0.39, 0.29) is 11.7 Å². The van der Waals surface area contributed by atoms with Gasteiger partial charge in [-0.2, -0.15) is 0 Å². The highest BCUT2D eigenvalue weighted by Gasteiger charge is 2.47. The van der Waals surface area contributed by atoms with Crippen LogP contribution < -0.4 is 10.2 Å². The van der Waals surface area contributed by atoms with Crippen molar-refractivity contribution in [1.82, 2.24) is 20.2 Å². The van der Waals surface area contributed by atoms with Gasteiger partial charge < -0.3 is 19.9 Å². The van der Waals surface area contributed by atoms with Gasteiger partial charge in [0.25, 0.3) is 5.91 Å². The molecule has 3 aliphatic rings. The Bertz CT molecular complexity index is 747. The molecule has 154 valence electrons. The molecule has 0 aromatic carbocycles. The van der Waals surface area contributed by atoms with E-state index in [9.17, 15) is 4.79 Å². The molecule has 1 saturated carbocycles. The molecule has 1 aromatic heterocycles. The van der Waals surface area contributed by atoms with Crippen LogP contribution in [0.2, 0.25) is 0 Å². The summed E-state index contributed by atoms with van der Waals surface area (Å²) in [6.45, 7) is 7.69. The van der Waals surface area contributed by atoms with Gasteiger partial charge in [0.05, 0.1) is 6.61 Å². The summed E-state index contributed by atoms with van der Waals surface area (Å²) < 4.78 is 5.79. The number of amides is 1. The fourth-order valence-electron chi connectivity index (χ4n) is 4.86. The van der Waals surface area contributed by atoms with Gasteiger partial charge in [-0.15, -0.1) is 0 Å². The molecule has 0 bridgehead atoms. The number of hydrogen-bond donors (Lipinski definition) is 1. The molecule has 3 heterocycles. The van der Waals surface area contributed by atoms with Crippen LogP contribution in [-0.2, 0) is 4.74 Å². The van der Waals surface area contributed by atoms with Crippen LogP contribution in [0.5, 0.6) is 0 Å². The molecule has 1 aromatic rings. The highest BCUT2D eigenvalue weighted by Crippen LogP contribution is 2.47. The second kappa shape index (κ2) is 7.59. The van der Waals surface area contributed by atoms with E-state index >= 15 is 0 Å². The molecule has 1 spiro atoms. The van der Waals surface area contributed by atoms with Gasteiger partial charge in [0.1, 0.15) is 5.82 Å². The number of nitrogens with zero attached hydrogens (tertiary/aromatic N) is 4. The molecule has 7 heteroatoms. The fraction of sp³-hybridized carbons (Fsp3) is 0.762. The smallest absolute Gasteiger partial charge is 0.291 e. The number of nitrogens with one attached hydrogen (secondary N) is 1. The number of anilines is 1. The first-order valence-electron chi connectivity index (χ1n) is 10.6. The van der Waals surface area contributed by atoms with Crippen molar-refractivity contribution in [1.29, 1.82) is 0 Å². The molecule has 1 unspecified atom stereocenters. The van der Waals surface area contributed by atoms with Gasteiger partial charge in [-0.25, -0.2) is 9.97 Å². The summed E-state index contributed by atoms with van der Waals surface area (Å²) in [7, 11) is 3.47. The Balaban J connectivity index is 1.47. The van der Waals surface area contributed by atoms with Crippen molar-refractivity contribution in [3.8, 4) is 0 Å². The minimum absolute atomic E-state index is 0.146. The second-order valence-corrected chi connectivity index (χ2v) is 8.99. The van der Waals surface area contributed by atoms with E-state index in [1.807, 2.05) is 6.92 Å². The van der Waals surface area contributed by atoms with Crippen LogP contribution in [0.4, 0.5) is 5.82 Å². The maximum atomic E-state index is 12.4. The van der Waals surface area contributed by atoms with Crippen molar-refractivity contribution in [2.75, 3.05) is 45.3 Å². The van der Waals surface area contributed by atoms with Gasteiger partial charge in [-0.1, -0.05) is 6.42 Å². The minimum Gasteiger partial charge on any atom is -0.381 e. The number of ether oxygens (including phenoxy) is 1. The topological polar surface area (TPSA) is 70.6 Å². The van der Waals surface area contributed by atoms with E-state index in [2.05, 4.69) is 27.1 Å². The predicted molar refractivity (Wildman–Crippen MR) is 109 cm³/mol. The Morgan fingerprint density at radius 1 is 1.25 bits per heavy atom. The molecule has 1 aliphatic carbocycles. The van der Waals surface area contributed by atoms with Gasteiger partial charge >= 0.3 is 0 Å². The Hall–Kier alpha value is -1.73. The predicted octanol–water partition coefficient (Wildman–Crippen LogP) is 1.92. The van der Waals surface area contributed by atoms with E-state index in [0.29, 0.717) is 17.5 Å². The van der Waals surface area contributed by atoms with E-state index in [0.717, 1.165) is 56.2 Å². The molecule has 2 saturated heterocycles. The fourth-order valence-corrected chi connectivity index (χ4v) is 4.86. The lowest BCUT2D eigenvalue weighted by Gasteiger charge is -2.51. The number of rotatable bonds is 4. The number of carbonyl (C=O) groups excluding carboxylic acids is 1. The number of carbonyl (C=O) groups is 1. The zero-order valence-electron chi connectivity index (χ0n) is 17.6. The normalized spacial score (nSPS) is 26.4. The Labute approximate surface area is 167 Å². The van der Waals surface area contributed by atoms with Crippen molar-refractivity contribution in [2.45, 2.75) is 58.0 Å². The lowest BCUT2D eigenvalue weighted by molar-refractivity contribution is -0.0797. The summed E-state index contributed by atoms with van der Waals surface area (Å²) in [6.07, 6.45) is 6.14. The van der Waals surface area contributed by atoms with E-state index in [4.69, 9.17) is 4.74 Å². The molecule has 3 fully saturated rings. The van der Waals surface area contributed by atoms with Crippen LogP contribution in [-0.4, -0.2) is 73.3 Å². The summed E-state index contributed by atoms with van der Waals surface area (Å²) in [5.74, 6) is 1.05. The van der Waals surface area contributed by atoms with Crippen LogP contribution in [0.25, 0.3) is 0 Å². The third kappa shape index (κ3) is 3.50. The van der Waals surface area contributed by atoms with Gasteiger partial charge in [0.2, 0.25) is 5.82 Å². The van der Waals surface area contributed by atoms with E-state index in [1.54, 1.807) is 14.1 Å². The Morgan fingerprint density at radius 3 is 2.71 bits per heavy atom.